The van der Waals surface area contributed by atoms with E-state index in [1.54, 1.807) is 25.1 Å². The van der Waals surface area contributed by atoms with E-state index in [0.717, 1.165) is 12.8 Å². The fourth-order valence-electron chi connectivity index (χ4n) is 3.14. The Kier molecular flexibility index (Phi) is 6.01. The lowest BCUT2D eigenvalue weighted by Crippen LogP contribution is -2.52. The van der Waals surface area contributed by atoms with E-state index in [-0.39, 0.29) is 29.8 Å². The average Bonchev–Trinajstić information content (AvgIpc) is 3.12. The molecule has 128 valence electrons. The third-order valence-electron chi connectivity index (χ3n) is 4.19. The Balaban J connectivity index is 2.04. The number of aromatic nitrogens is 1. The van der Waals surface area contributed by atoms with Crippen LogP contribution >= 0.6 is 11.6 Å². The van der Waals surface area contributed by atoms with Gasteiger partial charge in [-0.25, -0.2) is 0 Å². The van der Waals surface area contributed by atoms with Gasteiger partial charge in [-0.3, -0.25) is 9.59 Å². The molecule has 1 aliphatic rings. The van der Waals surface area contributed by atoms with Crippen LogP contribution in [-0.4, -0.2) is 54.7 Å². The maximum absolute atomic E-state index is 12.6. The van der Waals surface area contributed by atoms with Crippen LogP contribution in [0, 0.1) is 0 Å². The molecular formula is C15H22ClN3O4. The standard InChI is InChI=1S/C15H22ClN3O4/c1-17-13(20)9-15(10-22-2)6-3-7-19(15)14(21)5-4-11-8-12(16)18-23-11/h8H,3-7,9-10H2,1-2H3,(H,17,20)/t15-/m0/s1. The number of amides is 2. The van der Waals surface area contributed by atoms with E-state index >= 15 is 0 Å². The predicted octanol–water partition coefficient (Wildman–Crippen LogP) is 1.40. The molecule has 8 heteroatoms. The number of carbonyl (C=O) groups excluding carboxylic acids is 2. The monoisotopic (exact) mass is 343 g/mol. The molecule has 7 nitrogen and oxygen atoms in total. The molecule has 0 radical (unpaired) electrons. The Bertz CT molecular complexity index is 563. The van der Waals surface area contributed by atoms with Crippen molar-refractivity contribution in [2.24, 2.45) is 0 Å². The van der Waals surface area contributed by atoms with Crippen LogP contribution in [0.3, 0.4) is 0 Å². The van der Waals surface area contributed by atoms with Crippen LogP contribution in [-0.2, 0) is 20.7 Å². The zero-order chi connectivity index (χ0) is 16.9. The molecule has 0 aliphatic carbocycles. The Hall–Kier alpha value is -1.60. The molecule has 0 bridgehead atoms. The van der Waals surface area contributed by atoms with Gasteiger partial charge < -0.3 is 19.5 Å². The summed E-state index contributed by atoms with van der Waals surface area (Å²) < 4.78 is 10.3. The number of ether oxygens (including phenoxy) is 1. The molecule has 1 aromatic rings. The fourth-order valence-corrected chi connectivity index (χ4v) is 3.30. The van der Waals surface area contributed by atoms with Gasteiger partial charge >= 0.3 is 0 Å². The maximum Gasteiger partial charge on any atom is 0.223 e. The minimum Gasteiger partial charge on any atom is -0.382 e. The lowest BCUT2D eigenvalue weighted by atomic mass is 9.92. The third-order valence-corrected chi connectivity index (χ3v) is 4.37. The molecule has 2 rings (SSSR count). The summed E-state index contributed by atoms with van der Waals surface area (Å²) in [5.74, 6) is 0.464. The topological polar surface area (TPSA) is 84.7 Å². The van der Waals surface area contributed by atoms with E-state index < -0.39 is 5.54 Å². The van der Waals surface area contributed by atoms with Crippen molar-refractivity contribution in [3.05, 3.63) is 17.0 Å². The van der Waals surface area contributed by atoms with Crippen LogP contribution in [0.15, 0.2) is 10.6 Å². The summed E-state index contributed by atoms with van der Waals surface area (Å²) in [6.45, 7) is 0.983. The summed E-state index contributed by atoms with van der Waals surface area (Å²) in [6.07, 6.45) is 2.58. The van der Waals surface area contributed by atoms with Gasteiger partial charge in [-0.2, -0.15) is 0 Å². The van der Waals surface area contributed by atoms with Crippen LogP contribution in [0.1, 0.15) is 31.4 Å². The molecule has 1 N–H and O–H groups in total. The van der Waals surface area contributed by atoms with Crippen LogP contribution in [0.2, 0.25) is 5.15 Å². The summed E-state index contributed by atoms with van der Waals surface area (Å²) in [5, 5.41) is 6.50. The highest BCUT2D eigenvalue weighted by Crippen LogP contribution is 2.33. The Morgan fingerprint density at radius 1 is 1.57 bits per heavy atom. The van der Waals surface area contributed by atoms with Crippen molar-refractivity contribution in [3.63, 3.8) is 0 Å². The number of hydrogen-bond acceptors (Lipinski definition) is 5. The van der Waals surface area contributed by atoms with Gasteiger partial charge in [-0.15, -0.1) is 0 Å². The second-order valence-corrected chi connectivity index (χ2v) is 6.16. The van der Waals surface area contributed by atoms with E-state index in [9.17, 15) is 9.59 Å². The molecule has 0 spiro atoms. The Labute approximate surface area is 140 Å². The fraction of sp³-hybridized carbons (Fsp3) is 0.667. The van der Waals surface area contributed by atoms with Crippen molar-refractivity contribution in [1.82, 2.24) is 15.4 Å². The molecule has 23 heavy (non-hydrogen) atoms. The normalized spacial score (nSPS) is 20.7. The van der Waals surface area contributed by atoms with E-state index in [1.807, 2.05) is 0 Å². The van der Waals surface area contributed by atoms with Crippen molar-refractivity contribution in [2.45, 2.75) is 37.6 Å². The molecule has 1 aromatic heterocycles. The second-order valence-electron chi connectivity index (χ2n) is 5.77. The van der Waals surface area contributed by atoms with Gasteiger partial charge in [0.05, 0.1) is 18.6 Å². The average molecular weight is 344 g/mol. The number of nitrogens with zero attached hydrogens (tertiary/aromatic N) is 2. The van der Waals surface area contributed by atoms with Gasteiger partial charge in [0, 0.05) is 39.6 Å². The molecule has 0 unspecified atom stereocenters. The molecule has 2 heterocycles. The quantitative estimate of drug-likeness (QED) is 0.809. The molecule has 1 aliphatic heterocycles. The molecular weight excluding hydrogens is 322 g/mol. The lowest BCUT2D eigenvalue weighted by Gasteiger charge is -2.37. The molecule has 0 aromatic carbocycles. The number of hydrogen-bond donors (Lipinski definition) is 1. The van der Waals surface area contributed by atoms with E-state index in [0.29, 0.717) is 25.3 Å². The third kappa shape index (κ3) is 4.23. The lowest BCUT2D eigenvalue weighted by molar-refractivity contribution is -0.139. The first-order chi connectivity index (χ1) is 11.0. The minimum absolute atomic E-state index is 0.0176. The maximum atomic E-state index is 12.6. The number of carbonyl (C=O) groups is 2. The first kappa shape index (κ1) is 17.7. The Morgan fingerprint density at radius 3 is 2.96 bits per heavy atom. The Morgan fingerprint density at radius 2 is 2.35 bits per heavy atom. The van der Waals surface area contributed by atoms with Crippen LogP contribution in [0.5, 0.6) is 0 Å². The van der Waals surface area contributed by atoms with Gasteiger partial charge in [-0.05, 0) is 12.8 Å². The highest BCUT2D eigenvalue weighted by molar-refractivity contribution is 6.29. The summed E-state index contributed by atoms with van der Waals surface area (Å²) in [6, 6.07) is 1.60. The smallest absolute Gasteiger partial charge is 0.223 e. The highest BCUT2D eigenvalue weighted by Gasteiger charge is 2.44. The summed E-state index contributed by atoms with van der Waals surface area (Å²) >= 11 is 5.70. The first-order valence-electron chi connectivity index (χ1n) is 7.62. The molecule has 1 saturated heterocycles. The highest BCUT2D eigenvalue weighted by atomic mass is 35.5. The second kappa shape index (κ2) is 7.79. The minimum atomic E-state index is -0.564. The van der Waals surface area contributed by atoms with Crippen molar-refractivity contribution in [2.75, 3.05) is 27.3 Å². The zero-order valence-electron chi connectivity index (χ0n) is 13.4. The number of methoxy groups -OCH3 is 1. The summed E-state index contributed by atoms with van der Waals surface area (Å²) in [4.78, 5) is 26.3. The van der Waals surface area contributed by atoms with Crippen molar-refractivity contribution in [1.29, 1.82) is 0 Å². The van der Waals surface area contributed by atoms with E-state index in [1.165, 1.54) is 0 Å². The number of likely N-dealkylation sites (tertiary alicyclic amines) is 1. The molecule has 1 atom stereocenters. The number of rotatable bonds is 7. The SMILES string of the molecule is CNC(=O)C[C@]1(COC)CCCN1C(=O)CCc1cc(Cl)no1. The van der Waals surface area contributed by atoms with Gasteiger partial charge in [0.25, 0.3) is 0 Å². The number of nitrogens with one attached hydrogen (secondary N) is 1. The largest absolute Gasteiger partial charge is 0.382 e. The van der Waals surface area contributed by atoms with Gasteiger partial charge in [-0.1, -0.05) is 16.8 Å². The van der Waals surface area contributed by atoms with Gasteiger partial charge in [0.1, 0.15) is 5.76 Å². The zero-order valence-corrected chi connectivity index (χ0v) is 14.2. The van der Waals surface area contributed by atoms with Crippen molar-refractivity contribution < 1.29 is 18.8 Å². The molecule has 1 fully saturated rings. The summed E-state index contributed by atoms with van der Waals surface area (Å²) in [7, 11) is 3.18. The summed E-state index contributed by atoms with van der Waals surface area (Å²) in [5.41, 5.74) is -0.564. The van der Waals surface area contributed by atoms with Crippen molar-refractivity contribution >= 4 is 23.4 Å². The van der Waals surface area contributed by atoms with Gasteiger partial charge in [0.15, 0.2) is 5.15 Å². The predicted molar refractivity (Wildman–Crippen MR) is 84.1 cm³/mol. The number of aryl methyl sites for hydroxylation is 1. The van der Waals surface area contributed by atoms with Crippen LogP contribution in [0.4, 0.5) is 0 Å². The van der Waals surface area contributed by atoms with Crippen molar-refractivity contribution in [3.8, 4) is 0 Å². The van der Waals surface area contributed by atoms with E-state index in [2.05, 4.69) is 10.5 Å². The van der Waals surface area contributed by atoms with Crippen LogP contribution in [0.25, 0.3) is 0 Å². The molecule has 0 saturated carbocycles. The van der Waals surface area contributed by atoms with Crippen LogP contribution < -0.4 is 5.32 Å². The molecule has 2 amide bonds. The van der Waals surface area contributed by atoms with Gasteiger partial charge in [0.2, 0.25) is 11.8 Å². The first-order valence-corrected chi connectivity index (χ1v) is 7.99. The number of halogens is 1. The van der Waals surface area contributed by atoms with E-state index in [4.69, 9.17) is 20.9 Å².